The number of nitro groups is 1. The second-order valence-corrected chi connectivity index (χ2v) is 7.59. The van der Waals surface area contributed by atoms with E-state index < -0.39 is 14.9 Å². The van der Waals surface area contributed by atoms with Gasteiger partial charge in [0.05, 0.1) is 9.82 Å². The maximum atomic E-state index is 12.2. The molecule has 21 heavy (non-hydrogen) atoms. The predicted molar refractivity (Wildman–Crippen MR) is 79.2 cm³/mol. The summed E-state index contributed by atoms with van der Waals surface area (Å²) >= 11 is 0. The first kappa shape index (κ1) is 15.7. The highest BCUT2D eigenvalue weighted by Crippen LogP contribution is 2.51. The zero-order valence-electron chi connectivity index (χ0n) is 12.0. The van der Waals surface area contributed by atoms with Crippen molar-refractivity contribution in [1.29, 1.82) is 0 Å². The van der Waals surface area contributed by atoms with Gasteiger partial charge in [0.15, 0.2) is 0 Å². The summed E-state index contributed by atoms with van der Waals surface area (Å²) in [5.41, 5.74) is 5.11. The predicted octanol–water partition coefficient (Wildman–Crippen LogP) is 1.89. The number of hydrogen-bond acceptors (Lipinski definition) is 5. The van der Waals surface area contributed by atoms with Gasteiger partial charge in [-0.2, -0.15) is 0 Å². The smallest absolute Gasteiger partial charge is 0.292 e. The Morgan fingerprint density at radius 3 is 2.48 bits per heavy atom. The molecule has 2 rings (SSSR count). The Balaban J connectivity index is 2.17. The Kier molecular flexibility index (Phi) is 3.94. The van der Waals surface area contributed by atoms with Crippen molar-refractivity contribution < 1.29 is 13.3 Å². The molecule has 1 saturated carbocycles. The van der Waals surface area contributed by atoms with Crippen LogP contribution in [-0.4, -0.2) is 19.9 Å². The van der Waals surface area contributed by atoms with E-state index in [0.29, 0.717) is 12.5 Å². The average Bonchev–Trinajstić information content (AvgIpc) is 3.17. The van der Waals surface area contributed by atoms with E-state index in [4.69, 9.17) is 5.73 Å². The topological polar surface area (TPSA) is 115 Å². The normalized spacial score (nSPS) is 16.9. The number of nitrogen functional groups attached to an aromatic ring is 1. The van der Waals surface area contributed by atoms with Crippen molar-refractivity contribution in [3.63, 3.8) is 0 Å². The number of nitrogens with one attached hydrogen (secondary N) is 1. The van der Waals surface area contributed by atoms with Crippen molar-refractivity contribution in [2.75, 3.05) is 12.3 Å². The van der Waals surface area contributed by atoms with Gasteiger partial charge in [-0.25, -0.2) is 13.1 Å². The van der Waals surface area contributed by atoms with Crippen LogP contribution in [0.2, 0.25) is 0 Å². The minimum absolute atomic E-state index is 0.0411. The zero-order chi connectivity index (χ0) is 15.8. The van der Waals surface area contributed by atoms with Crippen molar-refractivity contribution in [3.8, 4) is 0 Å². The Bertz CT molecular complexity index is 666. The fourth-order valence-corrected chi connectivity index (χ4v) is 3.48. The minimum atomic E-state index is -3.70. The van der Waals surface area contributed by atoms with Crippen LogP contribution in [0.25, 0.3) is 0 Å². The minimum Gasteiger partial charge on any atom is -0.393 e. The van der Waals surface area contributed by atoms with Crippen LogP contribution in [0.1, 0.15) is 26.7 Å². The van der Waals surface area contributed by atoms with E-state index in [1.807, 2.05) is 0 Å². The Labute approximate surface area is 123 Å². The molecule has 116 valence electrons. The van der Waals surface area contributed by atoms with Crippen molar-refractivity contribution in [1.82, 2.24) is 4.72 Å². The summed E-state index contributed by atoms with van der Waals surface area (Å²) in [5.74, 6) is 0.405. The van der Waals surface area contributed by atoms with Crippen molar-refractivity contribution in [2.24, 2.45) is 11.3 Å². The summed E-state index contributed by atoms with van der Waals surface area (Å²) in [6, 6.07) is 3.43. The first-order chi connectivity index (χ1) is 9.68. The van der Waals surface area contributed by atoms with E-state index in [1.165, 1.54) is 6.07 Å². The highest BCUT2D eigenvalue weighted by molar-refractivity contribution is 7.89. The van der Waals surface area contributed by atoms with Crippen LogP contribution < -0.4 is 10.5 Å². The lowest BCUT2D eigenvalue weighted by molar-refractivity contribution is -0.383. The van der Waals surface area contributed by atoms with Crippen LogP contribution in [0.4, 0.5) is 11.4 Å². The summed E-state index contributed by atoms with van der Waals surface area (Å²) in [7, 11) is -3.70. The maximum absolute atomic E-state index is 12.2. The van der Waals surface area contributed by atoms with E-state index in [0.717, 1.165) is 25.0 Å². The van der Waals surface area contributed by atoms with Crippen molar-refractivity contribution in [2.45, 2.75) is 31.6 Å². The van der Waals surface area contributed by atoms with E-state index in [1.54, 1.807) is 0 Å². The van der Waals surface area contributed by atoms with E-state index >= 15 is 0 Å². The largest absolute Gasteiger partial charge is 0.393 e. The summed E-state index contributed by atoms with van der Waals surface area (Å²) in [6.07, 6.45) is 2.02. The standard InChI is InChI=1S/C13H19N3O4S/c1-9(2)13(5-6-13)8-15-21(19,20)10-3-4-12(16(17)18)11(14)7-10/h3-4,7,9,15H,5-6,8,14H2,1-2H3. The first-order valence-corrected chi connectivity index (χ1v) is 8.20. The Hall–Kier alpha value is -1.67. The Morgan fingerprint density at radius 2 is 2.05 bits per heavy atom. The quantitative estimate of drug-likeness (QED) is 0.472. The summed E-state index contributed by atoms with van der Waals surface area (Å²) in [4.78, 5) is 9.99. The molecule has 0 spiro atoms. The summed E-state index contributed by atoms with van der Waals surface area (Å²) < 4.78 is 27.0. The number of anilines is 1. The molecule has 1 aliphatic rings. The number of benzene rings is 1. The third-order valence-corrected chi connectivity index (χ3v) is 5.64. The monoisotopic (exact) mass is 313 g/mol. The third-order valence-electron chi connectivity index (χ3n) is 4.24. The van der Waals surface area contributed by atoms with Gasteiger partial charge in [0.2, 0.25) is 10.0 Å². The van der Waals surface area contributed by atoms with Crippen LogP contribution >= 0.6 is 0 Å². The lowest BCUT2D eigenvalue weighted by Gasteiger charge is -2.20. The molecule has 0 heterocycles. The lowest BCUT2D eigenvalue weighted by Crippen LogP contribution is -2.32. The molecular weight excluding hydrogens is 294 g/mol. The average molecular weight is 313 g/mol. The summed E-state index contributed by atoms with van der Waals surface area (Å²) in [5, 5.41) is 10.7. The zero-order valence-corrected chi connectivity index (χ0v) is 12.8. The number of rotatable bonds is 6. The molecule has 1 fully saturated rings. The molecule has 0 aliphatic heterocycles. The van der Waals surface area contributed by atoms with Crippen molar-refractivity contribution in [3.05, 3.63) is 28.3 Å². The molecule has 8 heteroatoms. The van der Waals surface area contributed by atoms with Crippen LogP contribution in [0.15, 0.2) is 23.1 Å². The van der Waals surface area contributed by atoms with E-state index in [2.05, 4.69) is 18.6 Å². The second-order valence-electron chi connectivity index (χ2n) is 5.82. The highest BCUT2D eigenvalue weighted by atomic mass is 32.2. The number of hydrogen-bond donors (Lipinski definition) is 2. The van der Waals surface area contributed by atoms with E-state index in [9.17, 15) is 18.5 Å². The van der Waals surface area contributed by atoms with Crippen LogP contribution in [0.3, 0.4) is 0 Å². The molecule has 0 saturated heterocycles. The molecule has 3 N–H and O–H groups in total. The van der Waals surface area contributed by atoms with Gasteiger partial charge >= 0.3 is 0 Å². The van der Waals surface area contributed by atoms with Crippen LogP contribution in [0.5, 0.6) is 0 Å². The molecule has 0 unspecified atom stereocenters. The number of nitrogens with two attached hydrogens (primary N) is 1. The molecule has 1 aliphatic carbocycles. The van der Waals surface area contributed by atoms with Gasteiger partial charge in [0.25, 0.3) is 5.69 Å². The molecule has 0 bridgehead atoms. The van der Waals surface area contributed by atoms with Gasteiger partial charge in [-0.3, -0.25) is 10.1 Å². The third kappa shape index (κ3) is 3.16. The van der Waals surface area contributed by atoms with Gasteiger partial charge in [0.1, 0.15) is 5.69 Å². The molecule has 0 atom stereocenters. The van der Waals surface area contributed by atoms with Crippen LogP contribution in [-0.2, 0) is 10.0 Å². The fraction of sp³-hybridized carbons (Fsp3) is 0.538. The molecule has 1 aromatic carbocycles. The van der Waals surface area contributed by atoms with Gasteiger partial charge in [-0.1, -0.05) is 13.8 Å². The Morgan fingerprint density at radius 1 is 1.43 bits per heavy atom. The lowest BCUT2D eigenvalue weighted by atomic mass is 9.93. The van der Waals surface area contributed by atoms with Gasteiger partial charge in [-0.05, 0) is 36.3 Å². The molecule has 1 aromatic rings. The maximum Gasteiger partial charge on any atom is 0.292 e. The SMILES string of the molecule is CC(C)C1(CNS(=O)(=O)c2ccc([N+](=O)[O-])c(N)c2)CC1. The first-order valence-electron chi connectivity index (χ1n) is 6.71. The van der Waals surface area contributed by atoms with Crippen molar-refractivity contribution >= 4 is 21.4 Å². The second kappa shape index (κ2) is 5.27. The van der Waals surface area contributed by atoms with Crippen LogP contribution in [0, 0.1) is 21.4 Å². The molecule has 0 radical (unpaired) electrons. The molecule has 0 aromatic heterocycles. The van der Waals surface area contributed by atoms with Gasteiger partial charge < -0.3 is 5.73 Å². The molecular formula is C13H19N3O4S. The molecule has 7 nitrogen and oxygen atoms in total. The summed E-state index contributed by atoms with van der Waals surface area (Å²) in [6.45, 7) is 4.53. The highest BCUT2D eigenvalue weighted by Gasteiger charge is 2.45. The molecule has 0 amide bonds. The van der Waals surface area contributed by atoms with E-state index in [-0.39, 0.29) is 21.7 Å². The van der Waals surface area contributed by atoms with Gasteiger partial charge in [0, 0.05) is 12.6 Å². The number of nitrogens with zero attached hydrogens (tertiary/aromatic N) is 1. The van der Waals surface area contributed by atoms with Gasteiger partial charge in [-0.15, -0.1) is 0 Å². The number of sulfonamides is 1. The fourth-order valence-electron chi connectivity index (χ4n) is 2.31. The number of nitro benzene ring substituents is 1.